The van der Waals surface area contributed by atoms with Crippen LogP contribution in [0.3, 0.4) is 0 Å². The quantitative estimate of drug-likeness (QED) is 0.335. The van der Waals surface area contributed by atoms with Crippen molar-refractivity contribution >= 4 is 28.9 Å². The van der Waals surface area contributed by atoms with Crippen LogP contribution in [-0.2, 0) is 20.8 Å². The second-order valence-electron chi connectivity index (χ2n) is 9.76. The molecule has 10 nitrogen and oxygen atoms in total. The number of benzene rings is 1. The van der Waals surface area contributed by atoms with E-state index in [1.165, 1.54) is 49.6 Å². The van der Waals surface area contributed by atoms with Gasteiger partial charge in [0.1, 0.15) is 5.75 Å². The number of carboxylic acid groups (broad SMARTS) is 1. The number of thiophene rings is 1. The van der Waals surface area contributed by atoms with Gasteiger partial charge in [0.2, 0.25) is 11.0 Å². The van der Waals surface area contributed by atoms with Crippen LogP contribution in [0, 0.1) is 17.7 Å². The minimum atomic E-state index is -1.24. The van der Waals surface area contributed by atoms with Crippen LogP contribution in [0.5, 0.6) is 10.8 Å². The van der Waals surface area contributed by atoms with Gasteiger partial charge in [-0.25, -0.2) is 13.9 Å². The number of halogens is 1. The molecule has 0 unspecified atom stereocenters. The van der Waals surface area contributed by atoms with Gasteiger partial charge in [-0.1, -0.05) is 23.5 Å². The number of aromatic nitrogens is 3. The molecule has 12 heteroatoms. The highest BCUT2D eigenvalue weighted by Gasteiger charge is 2.35. The first-order chi connectivity index (χ1) is 18.8. The highest BCUT2D eigenvalue weighted by atomic mass is 32.1. The van der Waals surface area contributed by atoms with Gasteiger partial charge in [0, 0.05) is 31.2 Å². The molecule has 0 aliphatic heterocycles. The van der Waals surface area contributed by atoms with Crippen molar-refractivity contribution in [3.05, 3.63) is 52.9 Å². The van der Waals surface area contributed by atoms with E-state index >= 15 is 0 Å². The Morgan fingerprint density at radius 2 is 1.90 bits per heavy atom. The molecule has 0 spiro atoms. The van der Waals surface area contributed by atoms with E-state index in [1.807, 2.05) is 0 Å². The fourth-order valence-corrected chi connectivity index (χ4v) is 5.76. The van der Waals surface area contributed by atoms with Crippen LogP contribution in [0.15, 0.2) is 36.7 Å². The minimum absolute atomic E-state index is 0.00453. The Morgan fingerprint density at radius 1 is 1.18 bits per heavy atom. The fraction of sp³-hybridized carbons (Fsp3) is 0.481. The lowest BCUT2D eigenvalue weighted by Gasteiger charge is -2.36. The number of nitrogens with zero attached hydrogens (tertiary/aromatic N) is 4. The number of carbonyl (C=O) groups excluding carboxylic acids is 1. The largest absolute Gasteiger partial charge is 0.478 e. The van der Waals surface area contributed by atoms with Gasteiger partial charge in [0.05, 0.1) is 43.2 Å². The number of anilines is 1. The van der Waals surface area contributed by atoms with Crippen molar-refractivity contribution in [2.75, 3.05) is 32.3 Å². The molecule has 1 aliphatic rings. The first-order valence-corrected chi connectivity index (χ1v) is 13.6. The lowest BCUT2D eigenvalue weighted by atomic mass is 9.82. The van der Waals surface area contributed by atoms with E-state index < -0.39 is 17.8 Å². The van der Waals surface area contributed by atoms with Gasteiger partial charge in [0.15, 0.2) is 5.82 Å². The van der Waals surface area contributed by atoms with Crippen LogP contribution in [0.25, 0.3) is 0 Å². The summed E-state index contributed by atoms with van der Waals surface area (Å²) in [6.07, 6.45) is 6.55. The molecule has 2 aromatic heterocycles. The lowest BCUT2D eigenvalue weighted by molar-refractivity contribution is -0.124. The summed E-state index contributed by atoms with van der Waals surface area (Å²) in [5, 5.41) is 17.7. The van der Waals surface area contributed by atoms with E-state index in [1.54, 1.807) is 10.9 Å². The zero-order chi connectivity index (χ0) is 27.9. The Kier molecular flexibility index (Phi) is 9.65. The second kappa shape index (κ2) is 13.1. The summed E-state index contributed by atoms with van der Waals surface area (Å²) < 4.78 is 32.7. The van der Waals surface area contributed by atoms with Crippen molar-refractivity contribution in [3.8, 4) is 10.8 Å². The Bertz CT molecular complexity index is 1250. The number of methoxy groups -OCH3 is 2. The summed E-state index contributed by atoms with van der Waals surface area (Å²) in [4.78, 5) is 28.4. The number of hydrogen-bond donors (Lipinski definition) is 1. The van der Waals surface area contributed by atoms with E-state index in [9.17, 15) is 19.1 Å². The van der Waals surface area contributed by atoms with Crippen LogP contribution in [0.2, 0.25) is 0 Å². The van der Waals surface area contributed by atoms with E-state index in [-0.39, 0.29) is 47.1 Å². The lowest BCUT2D eigenvalue weighted by Crippen LogP contribution is -2.49. The Balaban J connectivity index is 1.65. The molecule has 2 heterocycles. The summed E-state index contributed by atoms with van der Waals surface area (Å²) in [5.41, 5.74) is 0.0816. The average molecular weight is 561 g/mol. The van der Waals surface area contributed by atoms with E-state index in [2.05, 4.69) is 17.2 Å². The zero-order valence-corrected chi connectivity index (χ0v) is 23.0. The van der Waals surface area contributed by atoms with Crippen molar-refractivity contribution in [2.45, 2.75) is 45.2 Å². The number of ether oxygens (including phenoxy) is 3. The number of rotatable bonds is 12. The van der Waals surface area contributed by atoms with E-state index in [0.717, 1.165) is 37.0 Å². The molecule has 1 amide bonds. The third-order valence-corrected chi connectivity index (χ3v) is 7.82. The molecule has 1 aromatic carbocycles. The van der Waals surface area contributed by atoms with E-state index in [4.69, 9.17) is 14.2 Å². The summed E-state index contributed by atoms with van der Waals surface area (Å²) in [7, 11) is 3.05. The second-order valence-corrected chi connectivity index (χ2v) is 10.9. The van der Waals surface area contributed by atoms with Gasteiger partial charge in [-0.2, -0.15) is 0 Å². The molecule has 39 heavy (non-hydrogen) atoms. The minimum Gasteiger partial charge on any atom is -0.478 e. The SMILES string of the molecule is COCC(COC)N(c1ccc(Oc2sc(Cn3ccnn3)cc2F)cc1C(=O)O)C(=O)[C@H]1CC[C@H](C)CC1. The monoisotopic (exact) mass is 560 g/mol. The molecule has 0 bridgehead atoms. The molecule has 1 saturated carbocycles. The molecule has 0 atom stereocenters. The fourth-order valence-electron chi connectivity index (χ4n) is 4.87. The van der Waals surface area contributed by atoms with Crippen LogP contribution in [0.1, 0.15) is 47.8 Å². The van der Waals surface area contributed by atoms with Crippen LogP contribution < -0.4 is 9.64 Å². The Morgan fingerprint density at radius 3 is 2.51 bits per heavy atom. The van der Waals surface area contributed by atoms with Crippen LogP contribution in [0.4, 0.5) is 10.1 Å². The summed E-state index contributed by atoms with van der Waals surface area (Å²) >= 11 is 1.09. The average Bonchev–Trinajstić information content (AvgIpc) is 3.54. The third kappa shape index (κ3) is 7.00. The number of hydrogen-bond acceptors (Lipinski definition) is 8. The molecular formula is C27H33FN4O6S. The van der Waals surface area contributed by atoms with Gasteiger partial charge >= 0.3 is 5.97 Å². The molecule has 210 valence electrons. The first-order valence-electron chi connectivity index (χ1n) is 12.8. The van der Waals surface area contributed by atoms with Crippen molar-refractivity contribution < 1.29 is 33.3 Å². The smallest absolute Gasteiger partial charge is 0.337 e. The van der Waals surface area contributed by atoms with Crippen molar-refractivity contribution in [1.29, 1.82) is 0 Å². The molecule has 1 N–H and O–H groups in total. The normalized spacial score (nSPS) is 17.4. The molecule has 1 fully saturated rings. The number of carbonyl (C=O) groups is 2. The molecule has 0 radical (unpaired) electrons. The summed E-state index contributed by atoms with van der Waals surface area (Å²) in [6.45, 7) is 2.82. The summed E-state index contributed by atoms with van der Waals surface area (Å²) in [6, 6.07) is 5.19. The Hall–Kier alpha value is -3.35. The van der Waals surface area contributed by atoms with Crippen molar-refractivity contribution in [1.82, 2.24) is 15.0 Å². The molecular weight excluding hydrogens is 527 g/mol. The zero-order valence-electron chi connectivity index (χ0n) is 22.2. The predicted octanol–water partition coefficient (Wildman–Crippen LogP) is 4.84. The number of carboxylic acids is 1. The number of aromatic carboxylic acids is 1. The standard InChI is InChI=1S/C27H33FN4O6S/c1-17-4-6-18(7-5-17)25(33)32(19(15-36-2)16-37-3)24-9-8-20(12-22(24)26(34)35)38-27-23(28)13-21(39-27)14-31-11-10-29-30-31/h8-13,17-19H,4-7,14-16H2,1-3H3,(H,34,35)/t17-,18-. The van der Waals surface area contributed by atoms with Gasteiger partial charge in [-0.3, -0.25) is 4.79 Å². The summed E-state index contributed by atoms with van der Waals surface area (Å²) in [5.74, 6) is -1.50. The molecule has 3 aromatic rings. The highest BCUT2D eigenvalue weighted by Crippen LogP contribution is 2.37. The maximum absolute atomic E-state index is 14.6. The number of amides is 1. The molecule has 4 rings (SSSR count). The van der Waals surface area contributed by atoms with Gasteiger partial charge < -0.3 is 24.2 Å². The molecule has 1 aliphatic carbocycles. The third-order valence-electron chi connectivity index (χ3n) is 6.85. The highest BCUT2D eigenvalue weighted by molar-refractivity contribution is 7.13. The van der Waals surface area contributed by atoms with Gasteiger partial charge in [0.25, 0.3) is 0 Å². The van der Waals surface area contributed by atoms with Crippen LogP contribution in [-0.4, -0.2) is 65.5 Å². The van der Waals surface area contributed by atoms with Crippen LogP contribution >= 0.6 is 11.3 Å². The maximum Gasteiger partial charge on any atom is 0.337 e. The first kappa shape index (κ1) is 28.7. The predicted molar refractivity (Wildman–Crippen MR) is 143 cm³/mol. The molecule has 0 saturated heterocycles. The van der Waals surface area contributed by atoms with Gasteiger partial charge in [-0.05, 0) is 55.9 Å². The maximum atomic E-state index is 14.6. The topological polar surface area (TPSA) is 116 Å². The van der Waals surface area contributed by atoms with Crippen molar-refractivity contribution in [3.63, 3.8) is 0 Å². The van der Waals surface area contributed by atoms with E-state index in [0.29, 0.717) is 17.3 Å². The van der Waals surface area contributed by atoms with Gasteiger partial charge in [-0.15, -0.1) is 5.10 Å². The Labute approximate surface area is 230 Å². The van der Waals surface area contributed by atoms with Crippen molar-refractivity contribution in [2.24, 2.45) is 11.8 Å².